The maximum Gasteiger partial charge on any atom is 0.252 e. The zero-order valence-electron chi connectivity index (χ0n) is 13.1. The summed E-state index contributed by atoms with van der Waals surface area (Å²) in [5, 5.41) is 3.28. The Bertz CT molecular complexity index is 683. The van der Waals surface area contributed by atoms with Gasteiger partial charge < -0.3 is 10.1 Å². The molecule has 0 heterocycles. The standard InChI is InChI=1S/C18H20ClNO2/c1-12-5-7-17(14(3)10-12)22-9-8-20-18(21)15-6-4-13(2)11-16(15)19/h4-7,10-11H,8-9H2,1-3H3,(H,20,21). The van der Waals surface area contributed by atoms with Crippen molar-refractivity contribution in [2.75, 3.05) is 13.2 Å². The first-order valence-corrected chi connectivity index (χ1v) is 7.59. The Morgan fingerprint density at radius 3 is 2.45 bits per heavy atom. The lowest BCUT2D eigenvalue weighted by molar-refractivity contribution is 0.0947. The number of ether oxygens (including phenoxy) is 1. The number of hydrogen-bond donors (Lipinski definition) is 1. The summed E-state index contributed by atoms with van der Waals surface area (Å²) in [5.74, 6) is 0.655. The van der Waals surface area contributed by atoms with Crippen LogP contribution in [0.2, 0.25) is 5.02 Å². The van der Waals surface area contributed by atoms with E-state index in [-0.39, 0.29) is 5.91 Å². The second kappa shape index (κ2) is 7.32. The molecule has 0 fully saturated rings. The van der Waals surface area contributed by atoms with Crippen LogP contribution in [-0.4, -0.2) is 19.1 Å². The van der Waals surface area contributed by atoms with Crippen LogP contribution in [0.3, 0.4) is 0 Å². The molecule has 1 N–H and O–H groups in total. The summed E-state index contributed by atoms with van der Waals surface area (Å²) in [6.45, 7) is 6.83. The third-order valence-electron chi connectivity index (χ3n) is 3.34. The Labute approximate surface area is 136 Å². The number of hydrogen-bond acceptors (Lipinski definition) is 2. The van der Waals surface area contributed by atoms with Gasteiger partial charge in [0.25, 0.3) is 5.91 Å². The van der Waals surface area contributed by atoms with E-state index >= 15 is 0 Å². The number of carbonyl (C=O) groups excluding carboxylic acids is 1. The minimum atomic E-state index is -0.186. The number of benzene rings is 2. The molecule has 0 unspecified atom stereocenters. The minimum absolute atomic E-state index is 0.186. The van der Waals surface area contributed by atoms with Gasteiger partial charge in [-0.15, -0.1) is 0 Å². The van der Waals surface area contributed by atoms with Crippen molar-refractivity contribution in [2.24, 2.45) is 0 Å². The molecule has 0 aromatic heterocycles. The Morgan fingerprint density at radius 2 is 1.77 bits per heavy atom. The molecular formula is C18H20ClNO2. The second-order valence-corrected chi connectivity index (χ2v) is 5.76. The quantitative estimate of drug-likeness (QED) is 0.844. The number of aryl methyl sites for hydroxylation is 3. The largest absolute Gasteiger partial charge is 0.491 e. The lowest BCUT2D eigenvalue weighted by Crippen LogP contribution is -2.28. The molecule has 2 aromatic rings. The van der Waals surface area contributed by atoms with Gasteiger partial charge in [0.05, 0.1) is 17.1 Å². The number of halogens is 1. The van der Waals surface area contributed by atoms with Gasteiger partial charge in [-0.3, -0.25) is 4.79 Å². The zero-order valence-corrected chi connectivity index (χ0v) is 13.8. The van der Waals surface area contributed by atoms with Crippen LogP contribution in [0.4, 0.5) is 0 Å². The van der Waals surface area contributed by atoms with E-state index in [1.165, 1.54) is 5.56 Å². The molecule has 0 saturated carbocycles. The van der Waals surface area contributed by atoms with Gasteiger partial charge in [-0.25, -0.2) is 0 Å². The molecule has 116 valence electrons. The smallest absolute Gasteiger partial charge is 0.252 e. The normalized spacial score (nSPS) is 10.4. The molecule has 3 nitrogen and oxygen atoms in total. The van der Waals surface area contributed by atoms with E-state index < -0.39 is 0 Å². The fraction of sp³-hybridized carbons (Fsp3) is 0.278. The number of carbonyl (C=O) groups is 1. The predicted molar refractivity (Wildman–Crippen MR) is 89.9 cm³/mol. The molecular weight excluding hydrogens is 298 g/mol. The third-order valence-corrected chi connectivity index (χ3v) is 3.66. The lowest BCUT2D eigenvalue weighted by Gasteiger charge is -2.11. The minimum Gasteiger partial charge on any atom is -0.491 e. The van der Waals surface area contributed by atoms with Crippen LogP contribution in [-0.2, 0) is 0 Å². The van der Waals surface area contributed by atoms with Gasteiger partial charge in [-0.1, -0.05) is 35.4 Å². The maximum absolute atomic E-state index is 12.0. The molecule has 0 radical (unpaired) electrons. The maximum atomic E-state index is 12.0. The fourth-order valence-corrected chi connectivity index (χ4v) is 2.51. The number of rotatable bonds is 5. The predicted octanol–water partition coefficient (Wildman–Crippen LogP) is 4.07. The van der Waals surface area contributed by atoms with Gasteiger partial charge in [0, 0.05) is 0 Å². The van der Waals surface area contributed by atoms with Gasteiger partial charge in [-0.05, 0) is 50.1 Å². The fourth-order valence-electron chi connectivity index (χ4n) is 2.19. The first kappa shape index (κ1) is 16.4. The Kier molecular flexibility index (Phi) is 5.45. The highest BCUT2D eigenvalue weighted by atomic mass is 35.5. The highest BCUT2D eigenvalue weighted by molar-refractivity contribution is 6.33. The van der Waals surface area contributed by atoms with Crippen LogP contribution >= 0.6 is 11.6 Å². The van der Waals surface area contributed by atoms with Crippen molar-refractivity contribution in [3.05, 3.63) is 63.7 Å². The Morgan fingerprint density at radius 1 is 1.09 bits per heavy atom. The van der Waals surface area contributed by atoms with Crippen molar-refractivity contribution in [3.63, 3.8) is 0 Å². The summed E-state index contributed by atoms with van der Waals surface area (Å²) in [5.41, 5.74) is 3.80. The molecule has 2 aromatic carbocycles. The highest BCUT2D eigenvalue weighted by Gasteiger charge is 2.09. The van der Waals surface area contributed by atoms with Crippen LogP contribution in [0, 0.1) is 20.8 Å². The van der Waals surface area contributed by atoms with Crippen molar-refractivity contribution in [2.45, 2.75) is 20.8 Å². The first-order valence-electron chi connectivity index (χ1n) is 7.22. The molecule has 1 amide bonds. The lowest BCUT2D eigenvalue weighted by atomic mass is 10.1. The van der Waals surface area contributed by atoms with Crippen LogP contribution in [0.1, 0.15) is 27.0 Å². The molecule has 2 rings (SSSR count). The van der Waals surface area contributed by atoms with Crippen molar-refractivity contribution in [1.82, 2.24) is 5.32 Å². The van der Waals surface area contributed by atoms with Crippen molar-refractivity contribution < 1.29 is 9.53 Å². The summed E-state index contributed by atoms with van der Waals surface area (Å²) in [6.07, 6.45) is 0. The molecule has 0 aliphatic carbocycles. The third kappa shape index (κ3) is 4.25. The number of amides is 1. The average Bonchev–Trinajstić information content (AvgIpc) is 2.45. The molecule has 0 spiro atoms. The van der Waals surface area contributed by atoms with Crippen LogP contribution < -0.4 is 10.1 Å². The number of nitrogens with one attached hydrogen (secondary N) is 1. The summed E-state index contributed by atoms with van der Waals surface area (Å²) in [4.78, 5) is 12.0. The summed E-state index contributed by atoms with van der Waals surface area (Å²) in [7, 11) is 0. The van der Waals surface area contributed by atoms with Crippen molar-refractivity contribution in [3.8, 4) is 5.75 Å². The van der Waals surface area contributed by atoms with Crippen molar-refractivity contribution >= 4 is 17.5 Å². The molecule has 4 heteroatoms. The molecule has 22 heavy (non-hydrogen) atoms. The monoisotopic (exact) mass is 317 g/mol. The van der Waals surface area contributed by atoms with E-state index in [1.807, 2.05) is 39.0 Å². The van der Waals surface area contributed by atoms with E-state index in [0.717, 1.165) is 16.9 Å². The SMILES string of the molecule is Cc1ccc(OCCNC(=O)c2ccc(C)cc2Cl)c(C)c1. The Balaban J connectivity index is 1.84. The molecule has 0 saturated heterocycles. The average molecular weight is 318 g/mol. The van der Waals surface area contributed by atoms with E-state index in [4.69, 9.17) is 16.3 Å². The van der Waals surface area contributed by atoms with Crippen LogP contribution in [0.15, 0.2) is 36.4 Å². The second-order valence-electron chi connectivity index (χ2n) is 5.36. The van der Waals surface area contributed by atoms with Gasteiger partial charge in [-0.2, -0.15) is 0 Å². The zero-order chi connectivity index (χ0) is 16.1. The topological polar surface area (TPSA) is 38.3 Å². The van der Waals surface area contributed by atoms with E-state index in [9.17, 15) is 4.79 Å². The van der Waals surface area contributed by atoms with E-state index in [0.29, 0.717) is 23.7 Å². The van der Waals surface area contributed by atoms with Crippen molar-refractivity contribution in [1.29, 1.82) is 0 Å². The van der Waals surface area contributed by atoms with Crippen LogP contribution in [0.25, 0.3) is 0 Å². The molecule has 0 aliphatic rings. The summed E-state index contributed by atoms with van der Waals surface area (Å²) in [6, 6.07) is 11.4. The van der Waals surface area contributed by atoms with Gasteiger partial charge in [0.1, 0.15) is 12.4 Å². The van der Waals surface area contributed by atoms with Gasteiger partial charge in [0.2, 0.25) is 0 Å². The highest BCUT2D eigenvalue weighted by Crippen LogP contribution is 2.19. The summed E-state index contributed by atoms with van der Waals surface area (Å²) >= 11 is 6.08. The first-order chi connectivity index (χ1) is 10.5. The summed E-state index contributed by atoms with van der Waals surface area (Å²) < 4.78 is 5.68. The van der Waals surface area contributed by atoms with Gasteiger partial charge >= 0.3 is 0 Å². The molecule has 0 atom stereocenters. The molecule has 0 aliphatic heterocycles. The van der Waals surface area contributed by atoms with E-state index in [2.05, 4.69) is 11.4 Å². The van der Waals surface area contributed by atoms with Crippen LogP contribution in [0.5, 0.6) is 5.75 Å². The van der Waals surface area contributed by atoms with Gasteiger partial charge in [0.15, 0.2) is 0 Å². The Hall–Kier alpha value is -2.00. The molecule has 0 bridgehead atoms. The van der Waals surface area contributed by atoms with E-state index in [1.54, 1.807) is 12.1 Å².